The van der Waals surface area contributed by atoms with E-state index in [1.165, 1.54) is 0 Å². The highest BCUT2D eigenvalue weighted by atomic mass is 16.4. The van der Waals surface area contributed by atoms with Gasteiger partial charge in [-0.15, -0.1) is 0 Å². The van der Waals surface area contributed by atoms with Crippen LogP contribution in [0.1, 0.15) is 146 Å². The number of carbonyl (C=O) groups is 17. The van der Waals surface area contributed by atoms with Crippen LogP contribution in [0.25, 0.3) is 10.9 Å². The molecule has 0 saturated heterocycles. The number of unbranched alkanes of at least 4 members (excludes halogenated alkanes) is 3. The minimum atomic E-state index is -1.86. The van der Waals surface area contributed by atoms with Crippen LogP contribution in [0, 0.1) is 17.2 Å². The topological polar surface area (TPSA) is 747 Å². The van der Waals surface area contributed by atoms with Crippen molar-refractivity contribution in [1.29, 1.82) is 5.41 Å². The van der Waals surface area contributed by atoms with Crippen LogP contribution in [-0.4, -0.2) is 262 Å². The van der Waals surface area contributed by atoms with Gasteiger partial charge in [-0.1, -0.05) is 137 Å². The number of hydrogen-bond donors (Lipinski definition) is 27. The number of primary amides is 1. The number of rotatable bonds is 63. The molecule has 734 valence electrons. The largest absolute Gasteiger partial charge is 0.481 e. The van der Waals surface area contributed by atoms with Gasteiger partial charge in [0.05, 0.1) is 32.2 Å². The predicted octanol–water partition coefficient (Wildman–Crippen LogP) is -4.65. The standard InChI is InChI=1S/C90H133N23O21/c1-51(2)41-66(83(128)105-64(35-36-73(117)118)78(123)100-48-72(116)101-70(49-114)87(132)110-68(43-54-25-10-6-11-26-54)85(130)107-65(76(95)121)46-74(119)120)108-80(125)60(31-16-19-37-91)104-84(129)67(42-53-23-8-5-9-24-53)109-86(131)69(44-55-27-12-7-13-28-55)111-88(133)71(50-115)112-81(126)61(32-17-20-38-92)103-79(124)63(34-22-40-98-90(96)97)106-89(134)75(52(3)4)113-82(127)62(33-18-21-39-93)102-77(122)58(94)45-56-47-99-59-30-15-14-29-57(56)59/h5-15,23-30,47,51-52,58,60-71,75,99,114-115H,16-22,31-46,48-50,91-94H2,1-4H3,(H2,95,121)(H,100,123)(H,101,116)(H,102,122)(H,103,124)(H,104,129)(H,105,128)(H,106,134)(H,107,130)(H,108,125)(H,109,131)(H,110,132)(H,111,133)(H,112,126)(H,113,127)(H,117,118)(H,119,120)(H4,96,97,98)/t58-,60+,61+,62+,63+,64+,65+,66+,67+,68+,69+,70+,71+,75+/m1/s1. The number of carboxylic acid groups (broad SMARTS) is 2. The monoisotopic (exact) mass is 1870 g/mol. The minimum Gasteiger partial charge on any atom is -0.481 e. The molecule has 5 aromatic rings. The zero-order valence-electron chi connectivity index (χ0n) is 75.9. The summed E-state index contributed by atoms with van der Waals surface area (Å²) in [6, 6.07) is 10.6. The molecule has 44 nitrogen and oxygen atoms in total. The first-order valence-electron chi connectivity index (χ1n) is 44.7. The molecule has 0 aliphatic heterocycles. The summed E-state index contributed by atoms with van der Waals surface area (Å²) in [6.45, 7) is 4.11. The van der Waals surface area contributed by atoms with Crippen molar-refractivity contribution in [2.24, 2.45) is 46.2 Å². The van der Waals surface area contributed by atoms with Gasteiger partial charge >= 0.3 is 11.9 Å². The van der Waals surface area contributed by atoms with E-state index < -0.39 is 242 Å². The van der Waals surface area contributed by atoms with E-state index in [9.17, 15) is 92.3 Å². The number of para-hydroxylation sites is 1. The second-order valence-electron chi connectivity index (χ2n) is 33.2. The fourth-order valence-electron chi connectivity index (χ4n) is 14.2. The molecule has 0 fully saturated rings. The zero-order valence-corrected chi connectivity index (χ0v) is 75.9. The number of carboxylic acids is 2. The molecular formula is C90H133N23O21. The normalized spacial score (nSPS) is 14.3. The zero-order chi connectivity index (χ0) is 98.9. The number of aliphatic carboxylic acids is 2. The molecule has 0 spiro atoms. The van der Waals surface area contributed by atoms with Crippen LogP contribution in [0.5, 0.6) is 0 Å². The third kappa shape index (κ3) is 39.9. The van der Waals surface area contributed by atoms with Gasteiger partial charge in [-0.2, -0.15) is 0 Å². The van der Waals surface area contributed by atoms with Crippen molar-refractivity contribution in [2.45, 2.75) is 234 Å². The number of benzene rings is 4. The van der Waals surface area contributed by atoms with E-state index in [0.717, 1.165) is 16.5 Å². The Morgan fingerprint density at radius 3 is 1.14 bits per heavy atom. The number of aliphatic hydroxyl groups is 2. The second kappa shape index (κ2) is 59.1. The Labute approximate surface area is 776 Å². The van der Waals surface area contributed by atoms with Crippen molar-refractivity contribution in [3.63, 3.8) is 0 Å². The number of nitrogens with two attached hydrogens (primary N) is 6. The number of aromatic amines is 1. The second-order valence-corrected chi connectivity index (χ2v) is 33.2. The quantitative estimate of drug-likeness (QED) is 0.00989. The lowest BCUT2D eigenvalue weighted by molar-refractivity contribution is -0.140. The van der Waals surface area contributed by atoms with Gasteiger partial charge in [-0.25, -0.2) is 0 Å². The number of aliphatic hydroxyl groups excluding tert-OH is 2. The number of hydrogen-bond acceptors (Lipinski definition) is 24. The number of guanidine groups is 1. The summed E-state index contributed by atoms with van der Waals surface area (Å²) in [6.07, 6.45) is 0.497. The summed E-state index contributed by atoms with van der Waals surface area (Å²) in [5.41, 5.74) is 38.0. The van der Waals surface area contributed by atoms with Crippen molar-refractivity contribution in [3.05, 3.63) is 144 Å². The minimum absolute atomic E-state index is 0.0402. The van der Waals surface area contributed by atoms with Crippen LogP contribution >= 0.6 is 0 Å². The molecule has 5 rings (SSSR count). The van der Waals surface area contributed by atoms with Gasteiger partial charge < -0.3 is 140 Å². The lowest BCUT2D eigenvalue weighted by atomic mass is 10.00. The van der Waals surface area contributed by atoms with Crippen LogP contribution in [0.15, 0.2) is 121 Å². The third-order valence-corrected chi connectivity index (χ3v) is 21.5. The van der Waals surface area contributed by atoms with Crippen molar-refractivity contribution in [3.8, 4) is 0 Å². The fourth-order valence-corrected chi connectivity index (χ4v) is 14.2. The van der Waals surface area contributed by atoms with E-state index in [1.54, 1.807) is 125 Å². The molecule has 0 saturated carbocycles. The smallest absolute Gasteiger partial charge is 0.305 e. The van der Waals surface area contributed by atoms with Crippen LogP contribution < -0.4 is 114 Å². The molecule has 1 aromatic heterocycles. The molecule has 0 unspecified atom stereocenters. The van der Waals surface area contributed by atoms with E-state index in [2.05, 4.69) is 84.7 Å². The highest BCUT2D eigenvalue weighted by molar-refractivity contribution is 6.01. The maximum absolute atomic E-state index is 15.1. The highest BCUT2D eigenvalue weighted by Crippen LogP contribution is 2.21. The predicted molar refractivity (Wildman–Crippen MR) is 493 cm³/mol. The van der Waals surface area contributed by atoms with Gasteiger partial charge in [0.2, 0.25) is 88.6 Å². The van der Waals surface area contributed by atoms with Crippen LogP contribution in [0.4, 0.5) is 0 Å². The molecule has 1 heterocycles. The summed E-state index contributed by atoms with van der Waals surface area (Å²) < 4.78 is 0. The Morgan fingerprint density at radius 1 is 0.373 bits per heavy atom. The molecule has 14 atom stereocenters. The molecular weight excluding hydrogens is 1740 g/mol. The molecule has 0 radical (unpaired) electrons. The summed E-state index contributed by atoms with van der Waals surface area (Å²) >= 11 is 0. The Bertz CT molecular complexity index is 4700. The lowest BCUT2D eigenvalue weighted by Gasteiger charge is -2.29. The number of amides is 15. The lowest BCUT2D eigenvalue weighted by Crippen LogP contribution is -2.62. The molecule has 0 bridgehead atoms. The maximum Gasteiger partial charge on any atom is 0.305 e. The first kappa shape index (κ1) is 111. The SMILES string of the molecule is CC(C)C[C@H](NC(=O)[C@H](CCCCN)NC(=O)[C@H](Cc1ccccc1)NC(=O)[C@H](Cc1ccccc1)NC(=O)[C@H](CO)NC(=O)[C@H](CCCCN)NC(=O)[C@H](CCCNC(=N)N)NC(=O)[C@@H](NC(=O)[C@H](CCCCN)NC(=O)[C@H](N)Cc1c[nH]c2ccccc12)C(C)C)C(=O)N[C@@H](CCC(=O)O)C(=O)NCC(=O)N[C@@H](CO)C(=O)N[C@@H](Cc1ccccc1)C(=O)N[C@@H](CC(=O)O)C(N)=O. The number of carbonyl (C=O) groups excluding carboxylic acids is 15. The maximum atomic E-state index is 15.1. The van der Waals surface area contributed by atoms with Crippen molar-refractivity contribution in [2.75, 3.05) is 45.9 Å². The van der Waals surface area contributed by atoms with E-state index in [1.807, 2.05) is 24.3 Å². The van der Waals surface area contributed by atoms with Crippen molar-refractivity contribution < 1.29 is 102 Å². The molecule has 44 heteroatoms. The van der Waals surface area contributed by atoms with Gasteiger partial charge in [-0.3, -0.25) is 86.9 Å². The third-order valence-electron chi connectivity index (χ3n) is 21.5. The van der Waals surface area contributed by atoms with Gasteiger partial charge in [0.1, 0.15) is 78.5 Å². The van der Waals surface area contributed by atoms with Crippen molar-refractivity contribution >= 4 is 117 Å². The van der Waals surface area contributed by atoms with Crippen LogP contribution in [0.3, 0.4) is 0 Å². The van der Waals surface area contributed by atoms with Gasteiger partial charge in [0, 0.05) is 49.3 Å². The Hall–Kier alpha value is -13.6. The highest BCUT2D eigenvalue weighted by Gasteiger charge is 2.39. The van der Waals surface area contributed by atoms with E-state index in [-0.39, 0.29) is 103 Å². The Balaban J connectivity index is 1.36. The summed E-state index contributed by atoms with van der Waals surface area (Å²) in [5.74, 6) is -19.2. The van der Waals surface area contributed by atoms with Gasteiger partial charge in [-0.05, 0) is 150 Å². The van der Waals surface area contributed by atoms with E-state index in [0.29, 0.717) is 42.4 Å². The summed E-state index contributed by atoms with van der Waals surface area (Å²) in [7, 11) is 0. The summed E-state index contributed by atoms with van der Waals surface area (Å²) in [4.78, 5) is 239. The average molecular weight is 1870 g/mol. The molecule has 33 N–H and O–H groups in total. The molecule has 134 heavy (non-hydrogen) atoms. The average Bonchev–Trinajstić information content (AvgIpc) is 1.66. The molecule has 0 aliphatic rings. The number of H-pyrrole nitrogens is 1. The van der Waals surface area contributed by atoms with Gasteiger partial charge in [0.25, 0.3) is 0 Å². The Morgan fingerprint density at radius 2 is 0.731 bits per heavy atom. The number of aromatic nitrogens is 1. The number of nitrogens with one attached hydrogen (secondary N) is 17. The number of fused-ring (bicyclic) bond motifs is 1. The Kier molecular flexibility index (Phi) is 48.9. The molecule has 15 amide bonds. The van der Waals surface area contributed by atoms with E-state index in [4.69, 9.17) is 39.8 Å². The van der Waals surface area contributed by atoms with Gasteiger partial charge in [0.15, 0.2) is 5.96 Å². The van der Waals surface area contributed by atoms with Crippen LogP contribution in [0.2, 0.25) is 0 Å². The first-order chi connectivity index (χ1) is 63.9. The van der Waals surface area contributed by atoms with Crippen molar-refractivity contribution in [1.82, 2.24) is 84.7 Å². The fraction of sp³-hybridized carbons (Fsp3) is 0.511. The first-order valence-corrected chi connectivity index (χ1v) is 44.7. The summed E-state index contributed by atoms with van der Waals surface area (Å²) in [5, 5.41) is 86.9. The van der Waals surface area contributed by atoms with Crippen LogP contribution in [-0.2, 0) is 107 Å². The molecule has 4 aromatic carbocycles. The molecule has 0 aliphatic carbocycles. The van der Waals surface area contributed by atoms with E-state index >= 15 is 9.59 Å².